The van der Waals surface area contributed by atoms with Crippen LogP contribution in [0.5, 0.6) is 0 Å². The zero-order valence-electron chi connectivity index (χ0n) is 12.0. The van der Waals surface area contributed by atoms with Crippen molar-refractivity contribution in [2.24, 2.45) is 0 Å². The molecular formula is C16H16ClF2N2O+. The smallest absolute Gasteiger partial charge is 0.279 e. The predicted octanol–water partition coefficient (Wildman–Crippen LogP) is 2.27. The number of hydrogen-bond acceptors (Lipinski definition) is 1. The van der Waals surface area contributed by atoms with Crippen molar-refractivity contribution in [1.82, 2.24) is 0 Å². The summed E-state index contributed by atoms with van der Waals surface area (Å²) in [6.07, 6.45) is 0. The first-order chi connectivity index (χ1) is 10.4. The molecule has 0 fully saturated rings. The minimum atomic E-state index is -0.572. The highest BCUT2D eigenvalue weighted by Gasteiger charge is 2.13. The summed E-state index contributed by atoms with van der Waals surface area (Å²) < 4.78 is 26.4. The first-order valence-corrected chi connectivity index (χ1v) is 7.12. The van der Waals surface area contributed by atoms with Gasteiger partial charge in [0.1, 0.15) is 18.2 Å². The Hall–Kier alpha value is -1.98. The van der Waals surface area contributed by atoms with Crippen molar-refractivity contribution in [1.29, 1.82) is 0 Å². The molecule has 0 aliphatic rings. The van der Waals surface area contributed by atoms with E-state index in [1.165, 1.54) is 24.3 Å². The fraction of sp³-hybridized carbons (Fsp3) is 0.188. The third-order valence-corrected chi connectivity index (χ3v) is 3.32. The second kappa shape index (κ2) is 7.33. The molecular weight excluding hydrogens is 310 g/mol. The van der Waals surface area contributed by atoms with Crippen LogP contribution in [0.25, 0.3) is 0 Å². The van der Waals surface area contributed by atoms with Gasteiger partial charge in [0.15, 0.2) is 6.54 Å². The molecule has 0 saturated carbocycles. The van der Waals surface area contributed by atoms with Gasteiger partial charge in [-0.2, -0.15) is 0 Å². The van der Waals surface area contributed by atoms with E-state index in [-0.39, 0.29) is 29.0 Å². The highest BCUT2D eigenvalue weighted by molar-refractivity contribution is 6.30. The summed E-state index contributed by atoms with van der Waals surface area (Å²) in [4.78, 5) is 12.8. The summed E-state index contributed by atoms with van der Waals surface area (Å²) in [5.41, 5.74) is 1.02. The molecule has 0 bridgehead atoms. The monoisotopic (exact) mass is 325 g/mol. The van der Waals surface area contributed by atoms with Crippen molar-refractivity contribution in [3.8, 4) is 0 Å². The Morgan fingerprint density at radius 1 is 1.18 bits per heavy atom. The highest BCUT2D eigenvalue weighted by atomic mass is 35.5. The maximum absolute atomic E-state index is 13.6. The Balaban J connectivity index is 1.89. The van der Waals surface area contributed by atoms with Gasteiger partial charge in [-0.15, -0.1) is 0 Å². The lowest BCUT2D eigenvalue weighted by Gasteiger charge is -2.14. The van der Waals surface area contributed by atoms with Gasteiger partial charge >= 0.3 is 0 Å². The van der Waals surface area contributed by atoms with Crippen LogP contribution in [0, 0.1) is 11.6 Å². The Bertz CT molecular complexity index is 662. The largest absolute Gasteiger partial charge is 0.326 e. The van der Waals surface area contributed by atoms with Gasteiger partial charge in [-0.25, -0.2) is 8.78 Å². The Labute approximate surface area is 132 Å². The lowest BCUT2D eigenvalue weighted by atomic mass is 10.2. The van der Waals surface area contributed by atoms with Crippen LogP contribution < -0.4 is 10.2 Å². The normalized spacial score (nSPS) is 12.0. The average Bonchev–Trinajstić information content (AvgIpc) is 2.44. The number of benzene rings is 2. The molecule has 1 atom stereocenters. The van der Waals surface area contributed by atoms with Crippen LogP contribution in [-0.2, 0) is 11.3 Å². The van der Waals surface area contributed by atoms with Crippen molar-refractivity contribution < 1.29 is 18.5 Å². The van der Waals surface area contributed by atoms with Gasteiger partial charge in [-0.05, 0) is 30.3 Å². The van der Waals surface area contributed by atoms with Crippen LogP contribution in [0.1, 0.15) is 5.56 Å². The number of likely N-dealkylation sites (N-methyl/N-ethyl adjacent to an activating group) is 1. The molecule has 2 aromatic rings. The molecule has 1 unspecified atom stereocenters. The average molecular weight is 326 g/mol. The Kier molecular flexibility index (Phi) is 5.46. The molecule has 0 heterocycles. The van der Waals surface area contributed by atoms with E-state index in [2.05, 4.69) is 5.32 Å². The fourth-order valence-electron chi connectivity index (χ4n) is 2.07. The maximum atomic E-state index is 13.6. The standard InChI is InChI=1S/C16H15ClF2N2O/c1-21(9-11-2-5-13(18)6-3-11)10-16(22)20-15-7-4-12(17)8-14(15)19/h2-8H,9-10H2,1H3,(H,20,22)/p+1. The van der Waals surface area contributed by atoms with Crippen LogP contribution in [0.4, 0.5) is 14.5 Å². The molecule has 2 aromatic carbocycles. The molecule has 6 heteroatoms. The van der Waals surface area contributed by atoms with Crippen molar-refractivity contribution in [2.45, 2.75) is 6.54 Å². The van der Waals surface area contributed by atoms with E-state index in [0.717, 1.165) is 16.5 Å². The zero-order chi connectivity index (χ0) is 16.1. The summed E-state index contributed by atoms with van der Waals surface area (Å²) in [6.45, 7) is 0.732. The predicted molar refractivity (Wildman–Crippen MR) is 81.9 cm³/mol. The van der Waals surface area contributed by atoms with Gasteiger partial charge in [0.05, 0.1) is 12.7 Å². The number of rotatable bonds is 5. The summed E-state index contributed by atoms with van der Waals surface area (Å²) in [6, 6.07) is 10.2. The van der Waals surface area contributed by atoms with Crippen LogP contribution in [-0.4, -0.2) is 19.5 Å². The van der Waals surface area contributed by atoms with Gasteiger partial charge in [-0.1, -0.05) is 23.7 Å². The second-order valence-corrected chi connectivity index (χ2v) is 5.55. The highest BCUT2D eigenvalue weighted by Crippen LogP contribution is 2.18. The number of anilines is 1. The zero-order valence-corrected chi connectivity index (χ0v) is 12.8. The minimum absolute atomic E-state index is 0.101. The van der Waals surface area contributed by atoms with Crippen molar-refractivity contribution in [3.05, 3.63) is 64.7 Å². The summed E-state index contributed by atoms with van der Waals surface area (Å²) in [5, 5.41) is 2.78. The molecule has 1 amide bonds. The van der Waals surface area contributed by atoms with E-state index in [0.29, 0.717) is 6.54 Å². The van der Waals surface area contributed by atoms with Crippen molar-refractivity contribution in [2.75, 3.05) is 18.9 Å². The minimum Gasteiger partial charge on any atom is -0.326 e. The number of quaternary nitrogens is 1. The SMILES string of the molecule is C[NH+](CC(=O)Nc1ccc(Cl)cc1F)Cc1ccc(F)cc1. The van der Waals surface area contributed by atoms with E-state index >= 15 is 0 Å². The molecule has 116 valence electrons. The fourth-order valence-corrected chi connectivity index (χ4v) is 2.23. The van der Waals surface area contributed by atoms with Crippen LogP contribution in [0.2, 0.25) is 5.02 Å². The van der Waals surface area contributed by atoms with E-state index < -0.39 is 5.82 Å². The molecule has 0 aliphatic carbocycles. The number of nitrogens with one attached hydrogen (secondary N) is 2. The molecule has 2 N–H and O–H groups in total. The first kappa shape index (κ1) is 16.4. The van der Waals surface area contributed by atoms with Crippen molar-refractivity contribution in [3.63, 3.8) is 0 Å². The topological polar surface area (TPSA) is 33.5 Å². The summed E-state index contributed by atoms with van der Waals surface area (Å²) in [7, 11) is 1.83. The Morgan fingerprint density at radius 2 is 1.86 bits per heavy atom. The van der Waals surface area contributed by atoms with Gasteiger partial charge in [0.2, 0.25) is 0 Å². The molecule has 22 heavy (non-hydrogen) atoms. The van der Waals surface area contributed by atoms with E-state index in [1.54, 1.807) is 12.1 Å². The maximum Gasteiger partial charge on any atom is 0.279 e. The quantitative estimate of drug-likeness (QED) is 0.869. The van der Waals surface area contributed by atoms with E-state index in [1.807, 2.05) is 7.05 Å². The lowest BCUT2D eigenvalue weighted by molar-refractivity contribution is -0.885. The number of amides is 1. The van der Waals surface area contributed by atoms with E-state index in [4.69, 9.17) is 11.6 Å². The van der Waals surface area contributed by atoms with Gasteiger partial charge in [-0.3, -0.25) is 4.79 Å². The van der Waals surface area contributed by atoms with Crippen LogP contribution in [0.3, 0.4) is 0 Å². The molecule has 0 saturated heterocycles. The van der Waals surface area contributed by atoms with Gasteiger partial charge in [0, 0.05) is 10.6 Å². The van der Waals surface area contributed by atoms with Crippen LogP contribution >= 0.6 is 11.6 Å². The summed E-state index contributed by atoms with van der Waals surface area (Å²) >= 11 is 5.66. The second-order valence-electron chi connectivity index (χ2n) is 5.11. The van der Waals surface area contributed by atoms with Crippen LogP contribution in [0.15, 0.2) is 42.5 Å². The van der Waals surface area contributed by atoms with Crippen molar-refractivity contribution >= 4 is 23.2 Å². The molecule has 0 aliphatic heterocycles. The molecule has 0 spiro atoms. The molecule has 2 rings (SSSR count). The first-order valence-electron chi connectivity index (χ1n) is 6.74. The number of carbonyl (C=O) groups excluding carboxylic acids is 1. The molecule has 0 radical (unpaired) electrons. The van der Waals surface area contributed by atoms with E-state index in [9.17, 15) is 13.6 Å². The number of carbonyl (C=O) groups is 1. The third kappa shape index (κ3) is 4.79. The third-order valence-electron chi connectivity index (χ3n) is 3.09. The number of hydrogen-bond donors (Lipinski definition) is 2. The van der Waals surface area contributed by atoms with Gasteiger partial charge < -0.3 is 10.2 Å². The lowest BCUT2D eigenvalue weighted by Crippen LogP contribution is -3.08. The molecule has 3 nitrogen and oxygen atoms in total. The van der Waals surface area contributed by atoms with Gasteiger partial charge in [0.25, 0.3) is 5.91 Å². The Morgan fingerprint density at radius 3 is 2.50 bits per heavy atom. The number of halogens is 3. The molecule has 0 aromatic heterocycles. The summed E-state index contributed by atoms with van der Waals surface area (Å²) in [5.74, 6) is -1.17.